The third-order valence-electron chi connectivity index (χ3n) is 4.38. The Hall–Kier alpha value is -2.61. The summed E-state index contributed by atoms with van der Waals surface area (Å²) in [6.07, 6.45) is 1.06. The summed E-state index contributed by atoms with van der Waals surface area (Å²) >= 11 is 6.36. The number of fused-ring (bicyclic) bond motifs is 1. The Balaban J connectivity index is 1.93. The fourth-order valence-corrected chi connectivity index (χ4v) is 3.37. The largest absolute Gasteiger partial charge is 0.494 e. The van der Waals surface area contributed by atoms with Crippen molar-refractivity contribution in [1.82, 2.24) is 14.6 Å². The molecule has 1 heterocycles. The van der Waals surface area contributed by atoms with E-state index in [4.69, 9.17) is 22.2 Å². The number of benzene rings is 2. The van der Waals surface area contributed by atoms with Gasteiger partial charge in [0.1, 0.15) is 17.1 Å². The molecule has 148 valence electrons. The van der Waals surface area contributed by atoms with Crippen molar-refractivity contribution in [2.75, 3.05) is 21.2 Å². The first-order chi connectivity index (χ1) is 13.4. The minimum Gasteiger partial charge on any atom is -0.494 e. The molecule has 1 amide bonds. The zero-order chi connectivity index (χ0) is 20.3. The number of methoxy groups -OCH3 is 1. The average molecular weight is 402 g/mol. The summed E-state index contributed by atoms with van der Waals surface area (Å²) in [5.41, 5.74) is 7.53. The molecule has 2 atom stereocenters. The Morgan fingerprint density at radius 3 is 2.79 bits per heavy atom. The lowest BCUT2D eigenvalue weighted by molar-refractivity contribution is -0.120. The number of nitrogens with zero attached hydrogens (tertiary/aromatic N) is 3. The minimum atomic E-state index is -0.748. The van der Waals surface area contributed by atoms with Crippen LogP contribution < -0.4 is 26.4 Å². The number of hydrogen-bond acceptors (Lipinski definition) is 6. The van der Waals surface area contributed by atoms with E-state index in [1.165, 1.54) is 4.42 Å². The molecule has 0 fully saturated rings. The van der Waals surface area contributed by atoms with Crippen molar-refractivity contribution in [1.29, 1.82) is 0 Å². The molecular weight excluding hydrogens is 378 g/mol. The molecule has 2 aromatic rings. The smallest absolute Gasteiger partial charge is 0.239 e. The van der Waals surface area contributed by atoms with Crippen LogP contribution in [0.25, 0.3) is 6.20 Å². The summed E-state index contributed by atoms with van der Waals surface area (Å²) in [4.78, 5) is 18.9. The molecule has 0 saturated heterocycles. The van der Waals surface area contributed by atoms with Crippen molar-refractivity contribution in [2.45, 2.75) is 18.9 Å². The van der Waals surface area contributed by atoms with Crippen molar-refractivity contribution < 1.29 is 9.53 Å². The van der Waals surface area contributed by atoms with Crippen molar-refractivity contribution in [2.24, 2.45) is 10.7 Å². The first kappa shape index (κ1) is 20.1. The normalized spacial score (nSPS) is 16.8. The summed E-state index contributed by atoms with van der Waals surface area (Å²) in [6.45, 7) is 0.757. The van der Waals surface area contributed by atoms with Crippen LogP contribution in [0.4, 0.5) is 0 Å². The molecular formula is C20H24ClN5O2. The molecule has 8 heteroatoms. The van der Waals surface area contributed by atoms with E-state index in [-0.39, 0.29) is 0 Å². The number of carbonyl (C=O) groups is 1. The van der Waals surface area contributed by atoms with Crippen LogP contribution in [-0.4, -0.2) is 42.7 Å². The number of amides is 1. The maximum absolute atomic E-state index is 12.2. The van der Waals surface area contributed by atoms with E-state index in [9.17, 15) is 4.79 Å². The molecule has 2 aromatic carbocycles. The van der Waals surface area contributed by atoms with E-state index in [1.807, 2.05) is 56.6 Å². The first-order valence-corrected chi connectivity index (χ1v) is 9.18. The third-order valence-corrected chi connectivity index (χ3v) is 4.66. The van der Waals surface area contributed by atoms with Crippen LogP contribution in [0.15, 0.2) is 47.5 Å². The summed E-state index contributed by atoms with van der Waals surface area (Å²) in [5.74, 6) is 0.127. The molecule has 0 aliphatic carbocycles. The maximum Gasteiger partial charge on any atom is 0.239 e. The lowest BCUT2D eigenvalue weighted by atomic mass is 10.0. The molecule has 0 bridgehead atoms. The van der Waals surface area contributed by atoms with Crippen LogP contribution in [0.2, 0.25) is 0 Å². The second-order valence-corrected chi connectivity index (χ2v) is 7.25. The number of carbonyl (C=O) groups excluding carboxylic acids is 1. The van der Waals surface area contributed by atoms with Gasteiger partial charge in [-0.25, -0.2) is 4.99 Å². The van der Waals surface area contributed by atoms with Crippen LogP contribution in [-0.2, 0) is 11.3 Å². The van der Waals surface area contributed by atoms with Crippen LogP contribution >= 0.6 is 11.8 Å². The van der Waals surface area contributed by atoms with Gasteiger partial charge in [-0.15, -0.1) is 0 Å². The zero-order valence-electron chi connectivity index (χ0n) is 16.1. The minimum absolute atomic E-state index is 0.506. The first-order valence-electron chi connectivity index (χ1n) is 8.85. The highest BCUT2D eigenvalue weighted by Gasteiger charge is 2.26. The standard InChI is InChI=1S/C20H24ClN5O2/c1-25(2)11-13-6-4-7-14(10-13)18(19(22)27)24-20-23-17-15(12-26(20)21)8-5-9-16(17)28-3/h4-10,12,18,20,24H,11H2,1-3H3,(H2,22,27). The van der Waals surface area contributed by atoms with Gasteiger partial charge in [0, 0.05) is 29.7 Å². The molecule has 7 nitrogen and oxygen atoms in total. The van der Waals surface area contributed by atoms with Gasteiger partial charge in [-0.1, -0.05) is 36.4 Å². The maximum atomic E-state index is 12.2. The van der Waals surface area contributed by atoms with Gasteiger partial charge < -0.3 is 15.4 Å². The van der Waals surface area contributed by atoms with Gasteiger partial charge in [0.2, 0.25) is 5.91 Å². The van der Waals surface area contributed by atoms with E-state index in [0.717, 1.165) is 22.9 Å². The van der Waals surface area contributed by atoms with Crippen LogP contribution in [0.5, 0.6) is 5.75 Å². The van der Waals surface area contributed by atoms with Gasteiger partial charge in [-0.3, -0.25) is 14.5 Å². The number of primary amides is 1. The third kappa shape index (κ3) is 4.44. The Morgan fingerprint density at radius 1 is 1.36 bits per heavy atom. The predicted molar refractivity (Wildman–Crippen MR) is 109 cm³/mol. The molecule has 3 N–H and O–H groups in total. The molecule has 2 unspecified atom stereocenters. The Labute approximate surface area is 169 Å². The monoisotopic (exact) mass is 401 g/mol. The Bertz CT molecular complexity index is 979. The number of rotatable bonds is 7. The predicted octanol–water partition coefficient (Wildman–Crippen LogP) is 0.684. The number of halogens is 1. The SMILES string of the molecule is COc1cccc2c1=NC(NC(C(N)=O)c1cccc(CN(C)C)c1)N(Cl)C=2. The van der Waals surface area contributed by atoms with Crippen LogP contribution in [0.1, 0.15) is 17.2 Å². The molecule has 0 spiro atoms. The average Bonchev–Trinajstić information content (AvgIpc) is 2.65. The fourth-order valence-electron chi connectivity index (χ4n) is 3.16. The molecule has 1 aliphatic rings. The quantitative estimate of drug-likeness (QED) is 0.667. The Morgan fingerprint density at radius 2 is 2.11 bits per heavy atom. The van der Waals surface area contributed by atoms with E-state index in [2.05, 4.69) is 15.2 Å². The van der Waals surface area contributed by atoms with Crippen LogP contribution in [0.3, 0.4) is 0 Å². The molecule has 0 saturated carbocycles. The van der Waals surface area contributed by atoms with Gasteiger partial charge >= 0.3 is 0 Å². The van der Waals surface area contributed by atoms with Gasteiger partial charge in [-0.2, -0.15) is 0 Å². The molecule has 0 aromatic heterocycles. The number of nitrogens with one attached hydrogen (secondary N) is 1. The summed E-state index contributed by atoms with van der Waals surface area (Å²) in [6, 6.07) is 12.6. The summed E-state index contributed by atoms with van der Waals surface area (Å²) < 4.78 is 6.78. The van der Waals surface area contributed by atoms with Crippen molar-refractivity contribution in [3.8, 4) is 5.75 Å². The Kier molecular flexibility index (Phi) is 6.18. The van der Waals surface area contributed by atoms with E-state index >= 15 is 0 Å². The number of nitrogens with two attached hydrogens (primary N) is 1. The van der Waals surface area contributed by atoms with E-state index in [0.29, 0.717) is 11.1 Å². The summed E-state index contributed by atoms with van der Waals surface area (Å²) in [7, 11) is 5.57. The number of ether oxygens (including phenoxy) is 1. The lowest BCUT2D eigenvalue weighted by Crippen LogP contribution is -2.49. The van der Waals surface area contributed by atoms with Gasteiger partial charge in [-0.05, 0) is 31.3 Å². The lowest BCUT2D eigenvalue weighted by Gasteiger charge is -2.28. The molecule has 3 rings (SSSR count). The van der Waals surface area contributed by atoms with Gasteiger partial charge in [0.15, 0.2) is 6.29 Å². The molecule has 28 heavy (non-hydrogen) atoms. The van der Waals surface area contributed by atoms with E-state index < -0.39 is 18.2 Å². The molecule has 1 aliphatic heterocycles. The van der Waals surface area contributed by atoms with Gasteiger partial charge in [0.05, 0.1) is 7.11 Å². The highest BCUT2D eigenvalue weighted by Crippen LogP contribution is 2.19. The highest BCUT2D eigenvalue weighted by atomic mass is 35.5. The van der Waals surface area contributed by atoms with Gasteiger partial charge in [0.25, 0.3) is 0 Å². The number of hydrogen-bond donors (Lipinski definition) is 2. The zero-order valence-corrected chi connectivity index (χ0v) is 16.8. The van der Waals surface area contributed by atoms with Crippen LogP contribution in [0, 0.1) is 0 Å². The summed E-state index contributed by atoms with van der Waals surface area (Å²) in [5, 5.41) is 4.65. The van der Waals surface area contributed by atoms with E-state index in [1.54, 1.807) is 13.3 Å². The topological polar surface area (TPSA) is 83.2 Å². The van der Waals surface area contributed by atoms with Crippen molar-refractivity contribution in [3.05, 3.63) is 64.2 Å². The fraction of sp³-hybridized carbons (Fsp3) is 0.300. The molecule has 0 radical (unpaired) electrons. The number of para-hydroxylation sites is 1. The second-order valence-electron chi connectivity index (χ2n) is 6.86. The van der Waals surface area contributed by atoms with Crippen molar-refractivity contribution in [3.63, 3.8) is 0 Å². The van der Waals surface area contributed by atoms with Crippen molar-refractivity contribution >= 4 is 23.9 Å². The highest BCUT2D eigenvalue weighted by molar-refractivity contribution is 6.15. The second kappa shape index (κ2) is 8.60.